The molecular weight excluding hydrogens is 188 g/mol. The van der Waals surface area contributed by atoms with Gasteiger partial charge in [-0.2, -0.15) is 0 Å². The highest BCUT2D eigenvalue weighted by atomic mass is 16.5. The van der Waals surface area contributed by atoms with Crippen LogP contribution in [0.5, 0.6) is 0 Å². The molecule has 0 aromatic carbocycles. The molecule has 0 unspecified atom stereocenters. The molecule has 2 saturated carbocycles. The summed E-state index contributed by atoms with van der Waals surface area (Å²) in [5.74, 6) is 3.04. The van der Waals surface area contributed by atoms with E-state index >= 15 is 0 Å². The van der Waals surface area contributed by atoms with Crippen molar-refractivity contribution in [2.45, 2.75) is 38.7 Å². The summed E-state index contributed by atoms with van der Waals surface area (Å²) in [4.78, 5) is 11.3. The van der Waals surface area contributed by atoms with Gasteiger partial charge in [-0.1, -0.05) is 19.1 Å². The Labute approximate surface area is 90.7 Å². The lowest BCUT2D eigenvalue weighted by molar-refractivity contribution is -0.152. The van der Waals surface area contributed by atoms with Gasteiger partial charge in [0.2, 0.25) is 0 Å². The molecule has 0 heterocycles. The standard InChI is InChI=1S/C13H18O2/c1-2-13(14)15-12-7-8-6-11(12)10-5-3-4-9(8)10/h3-4,8-12H,2,5-7H2,1H3/t8-,9-,10+,11-,12+/m0/s1. The number of esters is 1. The van der Waals surface area contributed by atoms with Crippen molar-refractivity contribution in [2.24, 2.45) is 23.7 Å². The fraction of sp³-hybridized carbons (Fsp3) is 0.769. The summed E-state index contributed by atoms with van der Waals surface area (Å²) in [5.41, 5.74) is 0. The van der Waals surface area contributed by atoms with Gasteiger partial charge in [-0.05, 0) is 42.9 Å². The Hall–Kier alpha value is -0.790. The number of allylic oxidation sites excluding steroid dienone is 2. The van der Waals surface area contributed by atoms with Crippen molar-refractivity contribution in [1.82, 2.24) is 0 Å². The Kier molecular flexibility index (Phi) is 2.11. The number of carbonyl (C=O) groups excluding carboxylic acids is 1. The summed E-state index contributed by atoms with van der Waals surface area (Å²) in [6.45, 7) is 1.87. The molecule has 2 heteroatoms. The zero-order valence-corrected chi connectivity index (χ0v) is 9.19. The van der Waals surface area contributed by atoms with Crippen LogP contribution in [0, 0.1) is 23.7 Å². The normalized spacial score (nSPS) is 45.8. The molecule has 2 bridgehead atoms. The molecule has 15 heavy (non-hydrogen) atoms. The molecule has 2 nitrogen and oxygen atoms in total. The van der Waals surface area contributed by atoms with Gasteiger partial charge in [0.1, 0.15) is 6.10 Å². The van der Waals surface area contributed by atoms with Crippen LogP contribution >= 0.6 is 0 Å². The minimum Gasteiger partial charge on any atom is -0.462 e. The first kappa shape index (κ1) is 9.44. The van der Waals surface area contributed by atoms with E-state index in [-0.39, 0.29) is 12.1 Å². The average molecular weight is 206 g/mol. The van der Waals surface area contributed by atoms with Crippen molar-refractivity contribution in [1.29, 1.82) is 0 Å². The van der Waals surface area contributed by atoms with Crippen LogP contribution in [-0.2, 0) is 9.53 Å². The summed E-state index contributed by atoms with van der Waals surface area (Å²) < 4.78 is 5.54. The number of carbonyl (C=O) groups is 1. The Morgan fingerprint density at radius 1 is 1.40 bits per heavy atom. The predicted molar refractivity (Wildman–Crippen MR) is 57.1 cm³/mol. The van der Waals surface area contributed by atoms with Gasteiger partial charge in [0.25, 0.3) is 0 Å². The first-order chi connectivity index (χ1) is 7.29. The number of fused-ring (bicyclic) bond motifs is 5. The Balaban J connectivity index is 1.69. The SMILES string of the molecule is CCC(=O)O[C@@H]1C[C@@H]2C[C@H]1[C@@H]1CC=C[C@@H]21. The maximum atomic E-state index is 11.3. The van der Waals surface area contributed by atoms with E-state index in [4.69, 9.17) is 4.74 Å². The number of ether oxygens (including phenoxy) is 1. The van der Waals surface area contributed by atoms with E-state index in [1.54, 1.807) is 0 Å². The first-order valence-electron chi connectivity index (χ1n) is 6.15. The van der Waals surface area contributed by atoms with E-state index in [0.717, 1.165) is 24.2 Å². The van der Waals surface area contributed by atoms with Gasteiger partial charge in [0.15, 0.2) is 0 Å². The third-order valence-corrected chi connectivity index (χ3v) is 4.51. The second-order valence-corrected chi connectivity index (χ2v) is 5.18. The zero-order valence-electron chi connectivity index (χ0n) is 9.19. The maximum absolute atomic E-state index is 11.3. The monoisotopic (exact) mass is 206 g/mol. The lowest BCUT2D eigenvalue weighted by Crippen LogP contribution is -2.32. The molecule has 5 atom stereocenters. The van der Waals surface area contributed by atoms with Crippen LogP contribution in [0.4, 0.5) is 0 Å². The minimum absolute atomic E-state index is 0.0185. The van der Waals surface area contributed by atoms with Gasteiger partial charge in [-0.15, -0.1) is 0 Å². The lowest BCUT2D eigenvalue weighted by atomic mass is 9.80. The number of rotatable bonds is 2. The molecule has 0 N–H and O–H groups in total. The third-order valence-electron chi connectivity index (χ3n) is 4.51. The van der Waals surface area contributed by atoms with Crippen LogP contribution in [0.25, 0.3) is 0 Å². The third kappa shape index (κ3) is 1.34. The fourth-order valence-corrected chi connectivity index (χ4v) is 3.88. The highest BCUT2D eigenvalue weighted by Crippen LogP contribution is 2.57. The van der Waals surface area contributed by atoms with Crippen LogP contribution in [0.15, 0.2) is 12.2 Å². The molecule has 0 aromatic rings. The summed E-state index contributed by atoms with van der Waals surface area (Å²) in [7, 11) is 0. The van der Waals surface area contributed by atoms with Crippen LogP contribution in [0.1, 0.15) is 32.6 Å². The minimum atomic E-state index is -0.0185. The van der Waals surface area contributed by atoms with Gasteiger partial charge in [0, 0.05) is 6.42 Å². The number of hydrogen-bond donors (Lipinski definition) is 0. The van der Waals surface area contributed by atoms with Gasteiger partial charge < -0.3 is 4.74 Å². The van der Waals surface area contributed by atoms with Crippen molar-refractivity contribution >= 4 is 5.97 Å². The second-order valence-electron chi connectivity index (χ2n) is 5.18. The van der Waals surface area contributed by atoms with E-state index in [9.17, 15) is 4.79 Å². The molecule has 82 valence electrons. The molecule has 3 rings (SSSR count). The molecule has 0 radical (unpaired) electrons. The fourth-order valence-electron chi connectivity index (χ4n) is 3.88. The van der Waals surface area contributed by atoms with Crippen molar-refractivity contribution in [3.8, 4) is 0 Å². The van der Waals surface area contributed by atoms with Gasteiger partial charge in [-0.25, -0.2) is 0 Å². The van der Waals surface area contributed by atoms with Gasteiger partial charge in [0.05, 0.1) is 0 Å². The Bertz CT molecular complexity index is 308. The summed E-state index contributed by atoms with van der Waals surface area (Å²) >= 11 is 0. The molecule has 3 aliphatic carbocycles. The Morgan fingerprint density at radius 2 is 2.27 bits per heavy atom. The van der Waals surface area contributed by atoms with E-state index in [2.05, 4.69) is 12.2 Å². The quantitative estimate of drug-likeness (QED) is 0.512. The summed E-state index contributed by atoms with van der Waals surface area (Å²) in [5, 5.41) is 0. The molecular formula is C13H18O2. The van der Waals surface area contributed by atoms with Gasteiger partial charge >= 0.3 is 5.97 Å². The highest BCUT2D eigenvalue weighted by Gasteiger charge is 2.53. The second kappa shape index (κ2) is 3.36. The maximum Gasteiger partial charge on any atom is 0.305 e. The topological polar surface area (TPSA) is 26.3 Å². The molecule has 3 aliphatic rings. The first-order valence-corrected chi connectivity index (χ1v) is 6.15. The smallest absolute Gasteiger partial charge is 0.305 e. The summed E-state index contributed by atoms with van der Waals surface area (Å²) in [6.07, 6.45) is 9.09. The van der Waals surface area contributed by atoms with E-state index in [0.29, 0.717) is 12.3 Å². The van der Waals surface area contributed by atoms with E-state index < -0.39 is 0 Å². The molecule has 0 saturated heterocycles. The molecule has 2 fully saturated rings. The molecule has 0 aromatic heterocycles. The highest BCUT2D eigenvalue weighted by molar-refractivity contribution is 5.69. The van der Waals surface area contributed by atoms with Crippen molar-refractivity contribution in [3.63, 3.8) is 0 Å². The van der Waals surface area contributed by atoms with Crippen LogP contribution in [0.2, 0.25) is 0 Å². The Morgan fingerprint density at radius 3 is 3.07 bits per heavy atom. The van der Waals surface area contributed by atoms with Crippen LogP contribution in [-0.4, -0.2) is 12.1 Å². The largest absolute Gasteiger partial charge is 0.462 e. The van der Waals surface area contributed by atoms with Gasteiger partial charge in [-0.3, -0.25) is 4.79 Å². The zero-order chi connectivity index (χ0) is 10.4. The van der Waals surface area contributed by atoms with Crippen molar-refractivity contribution in [2.75, 3.05) is 0 Å². The number of hydrogen-bond acceptors (Lipinski definition) is 2. The predicted octanol–water partition coefficient (Wildman–Crippen LogP) is 2.54. The van der Waals surface area contributed by atoms with Crippen molar-refractivity contribution < 1.29 is 9.53 Å². The molecule has 0 aliphatic heterocycles. The average Bonchev–Trinajstić information content (AvgIpc) is 2.87. The molecule has 0 spiro atoms. The van der Waals surface area contributed by atoms with Crippen molar-refractivity contribution in [3.05, 3.63) is 12.2 Å². The van der Waals surface area contributed by atoms with Crippen LogP contribution in [0.3, 0.4) is 0 Å². The lowest BCUT2D eigenvalue weighted by Gasteiger charge is -2.30. The van der Waals surface area contributed by atoms with E-state index in [1.165, 1.54) is 12.8 Å². The van der Waals surface area contributed by atoms with Crippen LogP contribution < -0.4 is 0 Å². The van der Waals surface area contributed by atoms with E-state index in [1.807, 2.05) is 6.92 Å². The molecule has 0 amide bonds. The summed E-state index contributed by atoms with van der Waals surface area (Å²) in [6, 6.07) is 0.